The van der Waals surface area contributed by atoms with Crippen molar-refractivity contribution in [3.05, 3.63) is 77.2 Å². The molecule has 0 saturated carbocycles. The Morgan fingerprint density at radius 3 is 2.72 bits per heavy atom. The lowest BCUT2D eigenvalue weighted by atomic mass is 10.2. The van der Waals surface area contributed by atoms with Gasteiger partial charge in [0.1, 0.15) is 24.3 Å². The van der Waals surface area contributed by atoms with E-state index in [1.807, 2.05) is 0 Å². The zero-order chi connectivity index (χ0) is 20.8. The quantitative estimate of drug-likeness (QED) is 0.574. The summed E-state index contributed by atoms with van der Waals surface area (Å²) in [6.07, 6.45) is -0.288. The highest BCUT2D eigenvalue weighted by Crippen LogP contribution is 2.18. The number of aromatic nitrogens is 2. The Balaban J connectivity index is 1.62. The van der Waals surface area contributed by atoms with Crippen LogP contribution in [-0.2, 0) is 17.9 Å². The smallest absolute Gasteiger partial charge is 0.254 e. The van der Waals surface area contributed by atoms with Gasteiger partial charge in [0.05, 0.1) is 6.54 Å². The number of ether oxygens (including phenoxy) is 2. The summed E-state index contributed by atoms with van der Waals surface area (Å²) in [4.78, 5) is 18.4. The fourth-order valence-corrected chi connectivity index (χ4v) is 2.56. The summed E-state index contributed by atoms with van der Waals surface area (Å²) in [5.41, 5.74) is 1.30. The van der Waals surface area contributed by atoms with Crippen molar-refractivity contribution in [2.75, 3.05) is 14.2 Å². The summed E-state index contributed by atoms with van der Waals surface area (Å²) in [5, 5.41) is 3.85. The molecule has 0 aliphatic rings. The third-order valence-corrected chi connectivity index (χ3v) is 4.32. The van der Waals surface area contributed by atoms with Crippen LogP contribution in [0.25, 0.3) is 0 Å². The minimum atomic E-state index is -0.297. The predicted molar refractivity (Wildman–Crippen MR) is 103 cm³/mol. The summed E-state index contributed by atoms with van der Waals surface area (Å²) in [7, 11) is 3.21. The predicted octanol–water partition coefficient (Wildman–Crippen LogP) is 3.77. The summed E-state index contributed by atoms with van der Waals surface area (Å²) in [6.45, 7) is 2.25. The van der Waals surface area contributed by atoms with E-state index in [9.17, 15) is 9.18 Å². The molecule has 3 rings (SSSR count). The molecule has 152 valence electrons. The number of hydrogen-bond acceptors (Lipinski definition) is 6. The largest absolute Gasteiger partial charge is 0.489 e. The van der Waals surface area contributed by atoms with Crippen LogP contribution >= 0.6 is 0 Å². The molecular formula is C21H22FN3O4. The van der Waals surface area contributed by atoms with Crippen molar-refractivity contribution >= 4 is 5.91 Å². The normalized spacial score (nSPS) is 11.9. The molecule has 0 fully saturated rings. The second-order valence-corrected chi connectivity index (χ2v) is 6.53. The zero-order valence-electron chi connectivity index (χ0n) is 16.5. The molecule has 0 unspecified atom stereocenters. The average Bonchev–Trinajstić information content (AvgIpc) is 3.21. The number of carbonyl (C=O) groups excluding carboxylic acids is 1. The number of methoxy groups -OCH3 is 1. The van der Waals surface area contributed by atoms with Crippen molar-refractivity contribution in [1.29, 1.82) is 0 Å². The van der Waals surface area contributed by atoms with Crippen molar-refractivity contribution in [2.24, 2.45) is 0 Å². The standard InChI is InChI=1S/C21H22FN3O4/c1-14(27-3)20-23-19(29-24-20)12-25(2)21(26)16-5-4-6-18(11-16)28-13-15-7-9-17(22)10-8-15/h4-11,14H,12-13H2,1-3H3/t14-/m1/s1. The first kappa shape index (κ1) is 20.5. The molecular weight excluding hydrogens is 377 g/mol. The molecule has 3 aromatic rings. The average molecular weight is 399 g/mol. The van der Waals surface area contributed by atoms with Crippen LogP contribution in [0, 0.1) is 5.82 Å². The van der Waals surface area contributed by atoms with Gasteiger partial charge in [-0.05, 0) is 42.8 Å². The lowest BCUT2D eigenvalue weighted by molar-refractivity contribution is 0.0769. The van der Waals surface area contributed by atoms with Gasteiger partial charge in [-0.3, -0.25) is 4.79 Å². The Morgan fingerprint density at radius 1 is 1.24 bits per heavy atom. The van der Waals surface area contributed by atoms with Crippen LogP contribution in [0.3, 0.4) is 0 Å². The van der Waals surface area contributed by atoms with Crippen LogP contribution in [0.4, 0.5) is 4.39 Å². The van der Waals surface area contributed by atoms with E-state index >= 15 is 0 Å². The van der Waals surface area contributed by atoms with Gasteiger partial charge in [0, 0.05) is 19.7 Å². The van der Waals surface area contributed by atoms with Crippen molar-refractivity contribution < 1.29 is 23.2 Å². The van der Waals surface area contributed by atoms with Crippen LogP contribution in [0.1, 0.15) is 40.7 Å². The summed E-state index contributed by atoms with van der Waals surface area (Å²) in [6, 6.07) is 12.9. The number of rotatable bonds is 8. The van der Waals surface area contributed by atoms with E-state index in [-0.39, 0.29) is 31.0 Å². The molecule has 0 aliphatic heterocycles. The molecule has 0 bridgehead atoms. The van der Waals surface area contributed by atoms with Crippen molar-refractivity contribution in [2.45, 2.75) is 26.2 Å². The lowest BCUT2D eigenvalue weighted by Gasteiger charge is -2.15. The Labute approximate surface area is 168 Å². The number of carbonyl (C=O) groups is 1. The van der Waals surface area contributed by atoms with Gasteiger partial charge in [-0.1, -0.05) is 23.4 Å². The van der Waals surface area contributed by atoms with Gasteiger partial charge in [-0.25, -0.2) is 4.39 Å². The maximum Gasteiger partial charge on any atom is 0.254 e. The summed E-state index contributed by atoms with van der Waals surface area (Å²) in [5.74, 6) is 0.789. The van der Waals surface area contributed by atoms with Crippen LogP contribution in [-0.4, -0.2) is 35.1 Å². The molecule has 0 aliphatic carbocycles. The lowest BCUT2D eigenvalue weighted by Crippen LogP contribution is -2.26. The number of hydrogen-bond donors (Lipinski definition) is 0. The molecule has 0 radical (unpaired) electrons. The Kier molecular flexibility index (Phi) is 6.56. The van der Waals surface area contributed by atoms with E-state index in [0.717, 1.165) is 5.56 Å². The molecule has 1 atom stereocenters. The molecule has 0 spiro atoms. The summed E-state index contributed by atoms with van der Waals surface area (Å²) < 4.78 is 29.0. The highest BCUT2D eigenvalue weighted by Gasteiger charge is 2.18. The minimum absolute atomic E-state index is 0.170. The van der Waals surface area contributed by atoms with Gasteiger partial charge < -0.3 is 18.9 Å². The van der Waals surface area contributed by atoms with E-state index in [1.165, 1.54) is 17.0 Å². The minimum Gasteiger partial charge on any atom is -0.489 e. The van der Waals surface area contributed by atoms with E-state index in [0.29, 0.717) is 23.0 Å². The number of benzene rings is 2. The Bertz CT molecular complexity index is 959. The monoisotopic (exact) mass is 399 g/mol. The van der Waals surface area contributed by atoms with Crippen LogP contribution in [0.2, 0.25) is 0 Å². The van der Waals surface area contributed by atoms with Gasteiger partial charge in [-0.2, -0.15) is 4.98 Å². The van der Waals surface area contributed by atoms with E-state index in [2.05, 4.69) is 10.1 Å². The van der Waals surface area contributed by atoms with Gasteiger partial charge in [-0.15, -0.1) is 0 Å². The number of halogens is 1. The first-order valence-electron chi connectivity index (χ1n) is 9.04. The third-order valence-electron chi connectivity index (χ3n) is 4.32. The zero-order valence-corrected chi connectivity index (χ0v) is 16.5. The molecule has 0 saturated heterocycles. The van der Waals surface area contributed by atoms with Crippen LogP contribution in [0.5, 0.6) is 5.75 Å². The van der Waals surface area contributed by atoms with Crippen LogP contribution < -0.4 is 4.74 Å². The fraction of sp³-hybridized carbons (Fsp3) is 0.286. The molecule has 1 amide bonds. The third kappa shape index (κ3) is 5.39. The highest BCUT2D eigenvalue weighted by atomic mass is 19.1. The highest BCUT2D eigenvalue weighted by molar-refractivity contribution is 5.94. The molecule has 29 heavy (non-hydrogen) atoms. The number of amides is 1. The Hall–Kier alpha value is -3.26. The SMILES string of the molecule is CO[C@H](C)c1noc(CN(C)C(=O)c2cccc(OCc3ccc(F)cc3)c2)n1. The first-order chi connectivity index (χ1) is 14.0. The van der Waals surface area contributed by atoms with Crippen molar-refractivity contribution in [3.63, 3.8) is 0 Å². The number of nitrogens with zero attached hydrogens (tertiary/aromatic N) is 3. The Morgan fingerprint density at radius 2 is 2.00 bits per heavy atom. The molecule has 7 nitrogen and oxygen atoms in total. The van der Waals surface area contributed by atoms with Gasteiger partial charge in [0.15, 0.2) is 5.82 Å². The second kappa shape index (κ2) is 9.29. The molecule has 2 aromatic carbocycles. The van der Waals surface area contributed by atoms with Gasteiger partial charge in [0.2, 0.25) is 5.89 Å². The van der Waals surface area contributed by atoms with E-state index in [1.54, 1.807) is 57.5 Å². The molecule has 0 N–H and O–H groups in total. The second-order valence-electron chi connectivity index (χ2n) is 6.53. The maximum absolute atomic E-state index is 13.0. The van der Waals surface area contributed by atoms with Crippen molar-refractivity contribution in [1.82, 2.24) is 15.0 Å². The van der Waals surface area contributed by atoms with E-state index < -0.39 is 0 Å². The van der Waals surface area contributed by atoms with Crippen LogP contribution in [0.15, 0.2) is 53.1 Å². The van der Waals surface area contributed by atoms with Crippen molar-refractivity contribution in [3.8, 4) is 5.75 Å². The molecule has 8 heteroatoms. The maximum atomic E-state index is 13.0. The van der Waals surface area contributed by atoms with Gasteiger partial charge in [0.25, 0.3) is 5.91 Å². The summed E-state index contributed by atoms with van der Waals surface area (Å²) >= 11 is 0. The fourth-order valence-electron chi connectivity index (χ4n) is 2.56. The molecule has 1 heterocycles. The van der Waals surface area contributed by atoms with E-state index in [4.69, 9.17) is 14.0 Å². The first-order valence-corrected chi connectivity index (χ1v) is 9.04. The molecule has 1 aromatic heterocycles. The topological polar surface area (TPSA) is 77.7 Å². The van der Waals surface area contributed by atoms with Gasteiger partial charge >= 0.3 is 0 Å².